The fraction of sp³-hybridized carbons (Fsp3) is 0.235. The van der Waals surface area contributed by atoms with Gasteiger partial charge in [0.2, 0.25) is 0 Å². The van der Waals surface area contributed by atoms with Crippen molar-refractivity contribution in [3.8, 4) is 0 Å². The molecule has 1 aliphatic carbocycles. The third kappa shape index (κ3) is 3.22. The molecule has 0 saturated carbocycles. The fourth-order valence-electron chi connectivity index (χ4n) is 2.16. The van der Waals surface area contributed by atoms with Crippen LogP contribution in [0, 0.1) is 13.8 Å². The second-order valence-corrected chi connectivity index (χ2v) is 4.91. The van der Waals surface area contributed by atoms with Gasteiger partial charge in [0.15, 0.2) is 5.78 Å². The van der Waals surface area contributed by atoms with Gasteiger partial charge in [0.25, 0.3) is 0 Å². The van der Waals surface area contributed by atoms with E-state index in [2.05, 4.69) is 31.3 Å². The van der Waals surface area contributed by atoms with E-state index >= 15 is 0 Å². The average molecular weight is 253 g/mol. The van der Waals surface area contributed by atoms with Crippen molar-refractivity contribution in [1.29, 1.82) is 0 Å². The van der Waals surface area contributed by atoms with E-state index in [-0.39, 0.29) is 5.78 Å². The molecule has 0 bridgehead atoms. The number of carbonyl (C=O) groups is 1. The zero-order valence-electron chi connectivity index (χ0n) is 11.7. The molecular formula is C17H19NO. The molecule has 0 atom stereocenters. The molecule has 2 rings (SSSR count). The van der Waals surface area contributed by atoms with Gasteiger partial charge in [-0.3, -0.25) is 4.79 Å². The Labute approximate surface area is 114 Å². The van der Waals surface area contributed by atoms with Gasteiger partial charge in [-0.2, -0.15) is 0 Å². The number of carbonyl (C=O) groups excluding carboxylic acids is 1. The van der Waals surface area contributed by atoms with Crippen molar-refractivity contribution >= 4 is 11.5 Å². The van der Waals surface area contributed by atoms with Crippen LogP contribution in [0.3, 0.4) is 0 Å². The van der Waals surface area contributed by atoms with Gasteiger partial charge in [0.1, 0.15) is 0 Å². The predicted molar refractivity (Wildman–Crippen MR) is 80.1 cm³/mol. The molecule has 2 heteroatoms. The molecule has 1 aromatic rings. The van der Waals surface area contributed by atoms with Gasteiger partial charge in [0, 0.05) is 23.0 Å². The Morgan fingerprint density at radius 1 is 1.26 bits per heavy atom. The zero-order valence-corrected chi connectivity index (χ0v) is 11.7. The first-order chi connectivity index (χ1) is 9.08. The highest BCUT2D eigenvalue weighted by Gasteiger charge is 2.08. The van der Waals surface area contributed by atoms with Gasteiger partial charge in [0.05, 0.1) is 0 Å². The van der Waals surface area contributed by atoms with Crippen LogP contribution in [0.25, 0.3) is 0 Å². The second kappa shape index (κ2) is 5.70. The van der Waals surface area contributed by atoms with E-state index in [0.717, 1.165) is 23.4 Å². The van der Waals surface area contributed by atoms with Crippen molar-refractivity contribution in [3.05, 3.63) is 64.9 Å². The normalized spacial score (nSPS) is 14.5. The lowest BCUT2D eigenvalue weighted by Crippen LogP contribution is -2.04. The third-order valence-corrected chi connectivity index (χ3v) is 3.24. The van der Waals surface area contributed by atoms with Gasteiger partial charge < -0.3 is 5.32 Å². The van der Waals surface area contributed by atoms with Crippen molar-refractivity contribution < 1.29 is 4.79 Å². The number of para-hydroxylation sites is 1. The number of aryl methyl sites for hydroxylation is 2. The summed E-state index contributed by atoms with van der Waals surface area (Å²) in [5.74, 6) is 0.0845. The highest BCUT2D eigenvalue weighted by molar-refractivity contribution is 6.05. The molecule has 0 spiro atoms. The van der Waals surface area contributed by atoms with Gasteiger partial charge in [-0.05, 0) is 38.3 Å². The maximum atomic E-state index is 12.0. The summed E-state index contributed by atoms with van der Waals surface area (Å²) in [4.78, 5) is 12.0. The number of ketones is 1. The van der Waals surface area contributed by atoms with Crippen LogP contribution >= 0.6 is 0 Å². The van der Waals surface area contributed by atoms with E-state index in [0.29, 0.717) is 0 Å². The molecule has 98 valence electrons. The number of hydrogen-bond acceptors (Lipinski definition) is 2. The van der Waals surface area contributed by atoms with Crippen LogP contribution in [0.15, 0.2) is 53.8 Å². The Kier molecular flexibility index (Phi) is 4.00. The van der Waals surface area contributed by atoms with E-state index in [1.165, 1.54) is 11.1 Å². The summed E-state index contributed by atoms with van der Waals surface area (Å²) in [7, 11) is 0. The minimum absolute atomic E-state index is 0.0845. The van der Waals surface area contributed by atoms with Crippen molar-refractivity contribution in [2.75, 3.05) is 5.32 Å². The van der Waals surface area contributed by atoms with E-state index < -0.39 is 0 Å². The zero-order chi connectivity index (χ0) is 13.8. The van der Waals surface area contributed by atoms with Crippen LogP contribution in [0.4, 0.5) is 5.69 Å². The van der Waals surface area contributed by atoms with E-state index in [9.17, 15) is 4.79 Å². The summed E-state index contributed by atoms with van der Waals surface area (Å²) in [5, 5.41) is 3.33. The first kappa shape index (κ1) is 13.3. The topological polar surface area (TPSA) is 29.1 Å². The Bertz CT molecular complexity index is 571. The van der Waals surface area contributed by atoms with Gasteiger partial charge in [-0.1, -0.05) is 36.4 Å². The molecule has 1 N–H and O–H groups in total. The first-order valence-electron chi connectivity index (χ1n) is 6.49. The molecule has 0 heterocycles. The van der Waals surface area contributed by atoms with Gasteiger partial charge in [-0.15, -0.1) is 0 Å². The standard InChI is InChI=1S/C17H19NO/c1-12-7-6-8-13(2)17(12)18-14(3)11-16(19)15-9-4-5-10-15/h4-9,11,18H,10H2,1-3H3/b14-11+. The van der Waals surface area contributed by atoms with Crippen molar-refractivity contribution in [1.82, 2.24) is 0 Å². The van der Waals surface area contributed by atoms with Gasteiger partial charge >= 0.3 is 0 Å². The fourth-order valence-corrected chi connectivity index (χ4v) is 2.16. The van der Waals surface area contributed by atoms with Crippen LogP contribution < -0.4 is 5.32 Å². The van der Waals surface area contributed by atoms with Crippen LogP contribution in [0.5, 0.6) is 0 Å². The van der Waals surface area contributed by atoms with Crippen LogP contribution in [-0.2, 0) is 4.79 Å². The molecule has 0 unspecified atom stereocenters. The summed E-state index contributed by atoms with van der Waals surface area (Å²) in [6.45, 7) is 6.05. The number of benzene rings is 1. The first-order valence-corrected chi connectivity index (χ1v) is 6.49. The van der Waals surface area contributed by atoms with Crippen molar-refractivity contribution in [3.63, 3.8) is 0 Å². The molecule has 0 amide bonds. The highest BCUT2D eigenvalue weighted by atomic mass is 16.1. The van der Waals surface area contributed by atoms with Crippen LogP contribution in [0.2, 0.25) is 0 Å². The van der Waals surface area contributed by atoms with Crippen LogP contribution in [-0.4, -0.2) is 5.78 Å². The molecule has 0 fully saturated rings. The Balaban J connectivity index is 2.12. The summed E-state index contributed by atoms with van der Waals surface area (Å²) in [5.41, 5.74) is 5.17. The minimum atomic E-state index is 0.0845. The summed E-state index contributed by atoms with van der Waals surface area (Å²) < 4.78 is 0. The average Bonchev–Trinajstić information content (AvgIpc) is 2.88. The van der Waals surface area contributed by atoms with Crippen molar-refractivity contribution in [2.24, 2.45) is 0 Å². The summed E-state index contributed by atoms with van der Waals surface area (Å²) in [6, 6.07) is 6.16. The maximum absolute atomic E-state index is 12.0. The lowest BCUT2D eigenvalue weighted by molar-refractivity contribution is -0.111. The molecule has 0 radical (unpaired) electrons. The molecule has 1 aliphatic rings. The number of anilines is 1. The Hall–Kier alpha value is -2.09. The number of nitrogens with one attached hydrogen (secondary N) is 1. The molecule has 0 aromatic heterocycles. The molecule has 2 nitrogen and oxygen atoms in total. The SMILES string of the molecule is C/C(=C\C(=O)C1=CC=CC1)Nc1c(C)cccc1C. The maximum Gasteiger partial charge on any atom is 0.183 e. The molecule has 0 aliphatic heterocycles. The molecule has 19 heavy (non-hydrogen) atoms. The molecule has 0 saturated heterocycles. The van der Waals surface area contributed by atoms with Crippen LogP contribution in [0.1, 0.15) is 24.5 Å². The van der Waals surface area contributed by atoms with Gasteiger partial charge in [-0.25, -0.2) is 0 Å². The lowest BCUT2D eigenvalue weighted by atomic mass is 10.1. The third-order valence-electron chi connectivity index (χ3n) is 3.24. The quantitative estimate of drug-likeness (QED) is 0.819. The largest absolute Gasteiger partial charge is 0.359 e. The molecule has 1 aromatic carbocycles. The monoisotopic (exact) mass is 253 g/mol. The number of rotatable bonds is 4. The number of hydrogen-bond donors (Lipinski definition) is 1. The van der Waals surface area contributed by atoms with E-state index in [1.54, 1.807) is 6.08 Å². The van der Waals surface area contributed by atoms with Crippen molar-refractivity contribution in [2.45, 2.75) is 27.2 Å². The summed E-state index contributed by atoms with van der Waals surface area (Å²) >= 11 is 0. The smallest absolute Gasteiger partial charge is 0.183 e. The second-order valence-electron chi connectivity index (χ2n) is 4.91. The highest BCUT2D eigenvalue weighted by Crippen LogP contribution is 2.21. The number of allylic oxidation sites excluding steroid dienone is 6. The summed E-state index contributed by atoms with van der Waals surface area (Å²) in [6.07, 6.45) is 8.21. The van der Waals surface area contributed by atoms with E-state index in [4.69, 9.17) is 0 Å². The van der Waals surface area contributed by atoms with E-state index in [1.807, 2.05) is 31.2 Å². The minimum Gasteiger partial charge on any atom is -0.359 e. The Morgan fingerprint density at radius 3 is 2.53 bits per heavy atom. The molecular weight excluding hydrogens is 234 g/mol. The Morgan fingerprint density at radius 2 is 1.95 bits per heavy atom. The predicted octanol–water partition coefficient (Wildman–Crippen LogP) is 4.07. The lowest BCUT2D eigenvalue weighted by Gasteiger charge is -2.12.